The summed E-state index contributed by atoms with van der Waals surface area (Å²) in [5.41, 5.74) is 16.3. The Balaban J connectivity index is 0.000000121. The molecule has 16 heterocycles. The van der Waals surface area contributed by atoms with Crippen LogP contribution in [0, 0.1) is 68.2 Å². The summed E-state index contributed by atoms with van der Waals surface area (Å²) < 4.78 is 57.9. The molecule has 5 N–H and O–H groups in total. The average molecular weight is 1940 g/mol. The fourth-order valence-corrected chi connectivity index (χ4v) is 22.5. The number of benzene rings is 4. The molecule has 30 nitrogen and oxygen atoms in total. The summed E-state index contributed by atoms with van der Waals surface area (Å²) in [6.07, 6.45) is 7.81. The second-order valence-corrected chi connectivity index (χ2v) is 38.1. The quantitative estimate of drug-likeness (QED) is 0.0675. The maximum absolute atomic E-state index is 13.6. The lowest BCUT2D eigenvalue weighted by atomic mass is 9.90. The van der Waals surface area contributed by atoms with Crippen molar-refractivity contribution in [1.29, 1.82) is 0 Å². The molecule has 1 saturated heterocycles. The number of rotatable bonds is 14. The van der Waals surface area contributed by atoms with E-state index in [-0.39, 0.29) is 100 Å². The number of pyridine rings is 4. The van der Waals surface area contributed by atoms with Gasteiger partial charge in [-0.2, -0.15) is 0 Å². The molecule has 672 valence electrons. The highest BCUT2D eigenvalue weighted by atomic mass is 35.5. The van der Waals surface area contributed by atoms with E-state index >= 15 is 0 Å². The van der Waals surface area contributed by atoms with Crippen molar-refractivity contribution in [3.8, 4) is 33.5 Å². The maximum Gasteiger partial charge on any atom is 0.256 e. The van der Waals surface area contributed by atoms with Crippen LogP contribution in [0.5, 0.6) is 0 Å². The Labute approximate surface area is 779 Å². The number of hydrogen-bond acceptors (Lipinski definition) is 20. The highest BCUT2D eigenvalue weighted by Crippen LogP contribution is 2.48. The third-order valence-corrected chi connectivity index (χ3v) is 29.6. The predicted octanol–water partition coefficient (Wildman–Crippen LogP) is 17.9. The number of ether oxygens (including phenoxy) is 1. The molecule has 4 amide bonds. The zero-order chi connectivity index (χ0) is 92.6. The molecule has 39 heteroatoms. The van der Waals surface area contributed by atoms with Crippen LogP contribution in [0.3, 0.4) is 0 Å². The molecule has 20 rings (SSSR count). The molecule has 0 radical (unpaired) electrons. The summed E-state index contributed by atoms with van der Waals surface area (Å²) in [6.45, 7) is 18.3. The highest BCUT2D eigenvalue weighted by Gasteiger charge is 2.44. The van der Waals surface area contributed by atoms with Gasteiger partial charge in [0.15, 0.2) is 9.84 Å². The monoisotopic (exact) mass is 1940 g/mol. The minimum Gasteiger partial charge on any atom is -0.464 e. The van der Waals surface area contributed by atoms with Gasteiger partial charge in [-0.15, -0.1) is 5.10 Å². The van der Waals surface area contributed by atoms with E-state index in [4.69, 9.17) is 120 Å². The molecule has 5 aliphatic heterocycles. The molecular weight excluding hydrogens is 1860 g/mol. The van der Waals surface area contributed by atoms with Gasteiger partial charge in [-0.25, -0.2) is 13.1 Å². The number of amides is 4. The Hall–Kier alpha value is -11.5. The van der Waals surface area contributed by atoms with Crippen molar-refractivity contribution in [1.82, 2.24) is 69.8 Å². The van der Waals surface area contributed by atoms with Gasteiger partial charge in [0.25, 0.3) is 45.9 Å². The van der Waals surface area contributed by atoms with E-state index in [1.54, 1.807) is 101 Å². The van der Waals surface area contributed by atoms with E-state index in [0.717, 1.165) is 60.8 Å². The van der Waals surface area contributed by atoms with Crippen LogP contribution in [0.4, 0.5) is 0 Å². The molecular formula is C91H80Cl8N14O16S. The lowest BCUT2D eigenvalue weighted by Gasteiger charge is -2.35. The number of carbonyl (C=O) groups excluding carboxylic acids is 4. The maximum atomic E-state index is 13.6. The SMILES string of the molecule is CO[C@@H](c1cc(Cl)c2c(c1Cl)C(=O)N(Cc1c(=O)[nH]c(C)c3ccoc13)CC2)C1CS(=O)(=O)C1.Cc1nnn(C)c1-c1cc(Cl)c2c(c1Cl)C(=O)N(Cc1c(=O)[nH]c(C)c3ccoc13)CC2.Cc1noc(C)c1-c1cc(Cl)c2c(c1Cl)C(=O)N(Cc1c(=O)[nH]c(C)c3[nH]ccc13)CC2.Cc1noc(C)c1-c1cc(Cl)c2c(c1Cl)C(=O)N(Cc1c(=O)[nH]c(C)c3ccoc13)CC2. The third-order valence-electron chi connectivity index (χ3n) is 24.8. The number of nitrogens with zero attached hydrogens (tertiary/aromatic N) is 9. The summed E-state index contributed by atoms with van der Waals surface area (Å²) in [5, 5.41) is 22.2. The van der Waals surface area contributed by atoms with Crippen LogP contribution in [0.25, 0.3) is 77.3 Å². The molecule has 1 atom stereocenters. The number of aromatic amines is 5. The largest absolute Gasteiger partial charge is 0.464 e. The fourth-order valence-electron chi connectivity index (χ4n) is 18.3. The first kappa shape index (κ1) is 90.4. The van der Waals surface area contributed by atoms with E-state index in [1.165, 1.54) is 25.9 Å². The van der Waals surface area contributed by atoms with Crippen molar-refractivity contribution in [2.24, 2.45) is 13.0 Å². The predicted molar refractivity (Wildman–Crippen MR) is 495 cm³/mol. The van der Waals surface area contributed by atoms with E-state index < -0.39 is 15.9 Å². The van der Waals surface area contributed by atoms with Crippen molar-refractivity contribution < 1.29 is 54.6 Å². The Kier molecular flexibility index (Phi) is 24.6. The molecule has 0 unspecified atom stereocenters. The zero-order valence-corrected chi connectivity index (χ0v) is 78.3. The number of methoxy groups -OCH3 is 1. The number of furan rings is 3. The van der Waals surface area contributed by atoms with Crippen molar-refractivity contribution in [2.45, 2.75) is 120 Å². The van der Waals surface area contributed by atoms with Gasteiger partial charge in [-0.05, 0) is 159 Å². The summed E-state index contributed by atoms with van der Waals surface area (Å²) in [7, 11) is 0.152. The number of fused-ring (bicyclic) bond motifs is 8. The number of H-pyrrole nitrogens is 5. The fraction of sp³-hybridized carbons (Fsp3) is 0.297. The van der Waals surface area contributed by atoms with Crippen LogP contribution in [-0.4, -0.2) is 147 Å². The van der Waals surface area contributed by atoms with E-state index in [0.29, 0.717) is 222 Å². The number of aryl methyl sites for hydroxylation is 10. The molecule has 5 aliphatic rings. The minimum absolute atomic E-state index is 0.00798. The second-order valence-electron chi connectivity index (χ2n) is 32.8. The molecule has 130 heavy (non-hydrogen) atoms. The number of carbonyl (C=O) groups is 4. The Morgan fingerprint density at radius 2 is 0.800 bits per heavy atom. The normalized spacial score (nSPS) is 15.1. The Morgan fingerprint density at radius 1 is 0.446 bits per heavy atom. The first-order chi connectivity index (χ1) is 61.9. The summed E-state index contributed by atoms with van der Waals surface area (Å²) in [4.78, 5) is 126. The van der Waals surface area contributed by atoms with Crippen molar-refractivity contribution in [3.05, 3.63) is 279 Å². The van der Waals surface area contributed by atoms with E-state index in [1.807, 2.05) is 47.6 Å². The average Bonchev–Trinajstić information content (AvgIpc) is 0.916. The molecule has 4 aromatic carbocycles. The number of aromatic nitrogens is 10. The lowest BCUT2D eigenvalue weighted by Crippen LogP contribution is -2.41. The molecule has 0 spiro atoms. The van der Waals surface area contributed by atoms with Crippen molar-refractivity contribution in [3.63, 3.8) is 0 Å². The van der Waals surface area contributed by atoms with Crippen LogP contribution in [-0.2, 0) is 73.5 Å². The second kappa shape index (κ2) is 35.3. The van der Waals surface area contributed by atoms with Gasteiger partial charge in [0.05, 0.1) is 150 Å². The molecule has 11 aromatic heterocycles. The Bertz CT molecular complexity index is 7080. The van der Waals surface area contributed by atoms with Gasteiger partial charge in [-0.3, -0.25) is 38.4 Å². The minimum atomic E-state index is -3.08. The summed E-state index contributed by atoms with van der Waals surface area (Å²) in [6, 6.07) is 14.2. The van der Waals surface area contributed by atoms with Gasteiger partial charge < -0.3 is 71.6 Å². The summed E-state index contributed by atoms with van der Waals surface area (Å²) in [5.74, 6) is -0.277. The third kappa shape index (κ3) is 16.0. The number of hydrogen-bond donors (Lipinski definition) is 5. The van der Waals surface area contributed by atoms with Gasteiger partial charge in [0.2, 0.25) is 0 Å². The van der Waals surface area contributed by atoms with E-state index in [2.05, 4.69) is 45.5 Å². The van der Waals surface area contributed by atoms with Gasteiger partial charge in [0, 0.05) is 156 Å². The zero-order valence-electron chi connectivity index (χ0n) is 71.5. The first-order valence-corrected chi connectivity index (χ1v) is 45.9. The Morgan fingerprint density at radius 3 is 1.16 bits per heavy atom. The number of sulfone groups is 1. The van der Waals surface area contributed by atoms with Crippen molar-refractivity contribution in [2.75, 3.05) is 44.8 Å². The molecule has 1 fully saturated rings. The molecule has 0 saturated carbocycles. The lowest BCUT2D eigenvalue weighted by molar-refractivity contribution is 0.0612. The van der Waals surface area contributed by atoms with Crippen LogP contribution in [0.15, 0.2) is 115 Å². The van der Waals surface area contributed by atoms with Gasteiger partial charge >= 0.3 is 0 Å². The van der Waals surface area contributed by atoms with Crippen molar-refractivity contribution >= 4 is 170 Å². The van der Waals surface area contributed by atoms with Crippen LogP contribution >= 0.6 is 92.8 Å². The van der Waals surface area contributed by atoms with E-state index in [9.17, 15) is 46.8 Å². The van der Waals surface area contributed by atoms with Crippen LogP contribution < -0.4 is 22.2 Å². The molecule has 0 aliphatic carbocycles. The van der Waals surface area contributed by atoms with Crippen LogP contribution in [0.1, 0.15) is 149 Å². The summed E-state index contributed by atoms with van der Waals surface area (Å²) >= 11 is 53.3. The molecule has 0 bridgehead atoms. The van der Waals surface area contributed by atoms with Gasteiger partial charge in [0.1, 0.15) is 28.3 Å². The standard InChI is InChI=1S/C23H20Cl2N4O3.C23H19Cl2N3O4.C23H22Cl2N2O6S.C22H19Cl2N5O3/c1-10-18(12(3)32-28-10)15-8-17(24)14-5-7-29(23(31)19(14)20(15)25)9-16-13-4-6-26-21(13)11(2)27-22(16)30;1-10-13-5-7-31-21(13)16(22(29)26-10)9-28-6-4-14-17(24)8-15(20(25)19(14)23(28)30)18-11(2)27-32-12(18)3;1-11-13-4-6-33-21(13)16(22(28)26-11)8-27-5-3-14-17(24)7-15(19(25)18(14)23(27)29)20(32-2)12-9-34(30,31)10-12;1-10-12-5-7-32-20(12)15(21(30)25-10)9-29-6-4-13-16(23)8-14(18(24)17(13)22(29)31)19-11(2)26-27-28(19)3/h4,6,8,26H,5,7,9H2,1-3H3,(H,27,30);5,7-8H,4,6,9H2,1-3H3,(H,26,29);4,6-7,12,20H,3,5,8-10H2,1-2H3,(H,26,28);5,7-8H,4,6,9H2,1-3H3,(H,25,30)/t;;20-;/m..1./s1. The highest BCUT2D eigenvalue weighted by molar-refractivity contribution is 7.92. The topological polar surface area (TPSA) is 394 Å². The smallest absolute Gasteiger partial charge is 0.256 e. The number of halogens is 8. The first-order valence-electron chi connectivity index (χ1n) is 41.1. The number of nitrogens with one attached hydrogen (secondary N) is 5. The molecule has 15 aromatic rings. The van der Waals surface area contributed by atoms with Crippen LogP contribution in [0.2, 0.25) is 40.2 Å². The van der Waals surface area contributed by atoms with Gasteiger partial charge in [-0.1, -0.05) is 108 Å².